The highest BCUT2D eigenvalue weighted by molar-refractivity contribution is 5.61. The fourth-order valence-electron chi connectivity index (χ4n) is 1.55. The van der Waals surface area contributed by atoms with Crippen LogP contribution in [0.15, 0.2) is 0 Å². The van der Waals surface area contributed by atoms with Crippen LogP contribution in [0.25, 0.3) is 0 Å². The Balaban J connectivity index is 3.24. The lowest BCUT2D eigenvalue weighted by Gasteiger charge is -2.29. The van der Waals surface area contributed by atoms with Gasteiger partial charge < -0.3 is 10.4 Å². The van der Waals surface area contributed by atoms with Crippen LogP contribution in [-0.2, 0) is 13.5 Å². The average molecular weight is 256 g/mol. The molecule has 0 spiro atoms. The minimum absolute atomic E-state index is 0.0197. The van der Waals surface area contributed by atoms with E-state index in [0.717, 1.165) is 0 Å². The van der Waals surface area contributed by atoms with Crippen LogP contribution in [0.2, 0.25) is 0 Å². The van der Waals surface area contributed by atoms with Gasteiger partial charge in [-0.15, -0.1) is 0 Å². The molecule has 0 aliphatic heterocycles. The van der Waals surface area contributed by atoms with Crippen molar-refractivity contribution in [3.8, 4) is 0 Å². The molecule has 1 aromatic heterocycles. The summed E-state index contributed by atoms with van der Waals surface area (Å²) in [6.45, 7) is 7.01. The number of nitrogens with zero attached hydrogens (tertiary/aromatic N) is 3. The maximum atomic E-state index is 11.1. The van der Waals surface area contributed by atoms with E-state index >= 15 is 0 Å². The second-order valence-electron chi connectivity index (χ2n) is 4.90. The van der Waals surface area contributed by atoms with E-state index < -0.39 is 16.6 Å². The zero-order valence-corrected chi connectivity index (χ0v) is 11.4. The highest BCUT2D eigenvalue weighted by atomic mass is 16.6. The average Bonchev–Trinajstić information content (AvgIpc) is 2.54. The molecule has 0 saturated carbocycles. The molecule has 1 rings (SSSR count). The normalized spacial score (nSPS) is 13.4. The molecule has 1 atom stereocenters. The molecule has 0 aliphatic rings. The second kappa shape index (κ2) is 4.93. The minimum atomic E-state index is -0.677. The zero-order valence-electron chi connectivity index (χ0n) is 11.4. The number of anilines is 1. The first-order valence-corrected chi connectivity index (χ1v) is 5.87. The number of nitro groups is 1. The number of aliphatic hydroxyl groups is 1. The van der Waals surface area contributed by atoms with Crippen LogP contribution in [0, 0.1) is 10.1 Å². The van der Waals surface area contributed by atoms with Crippen molar-refractivity contribution in [2.75, 3.05) is 5.32 Å². The molecule has 7 nitrogen and oxygen atoms in total. The summed E-state index contributed by atoms with van der Waals surface area (Å²) in [5.74, 6) is 0.322. The van der Waals surface area contributed by atoms with E-state index in [0.29, 0.717) is 17.9 Å². The van der Waals surface area contributed by atoms with Gasteiger partial charge in [-0.1, -0.05) is 6.92 Å². The van der Waals surface area contributed by atoms with Crippen molar-refractivity contribution < 1.29 is 10.0 Å². The third-order valence-electron chi connectivity index (χ3n) is 3.09. The Bertz CT molecular complexity index is 451. The van der Waals surface area contributed by atoms with E-state index in [1.165, 1.54) is 4.68 Å². The van der Waals surface area contributed by atoms with Gasteiger partial charge in [0.25, 0.3) is 0 Å². The van der Waals surface area contributed by atoms with Gasteiger partial charge in [-0.2, -0.15) is 5.10 Å². The van der Waals surface area contributed by atoms with Crippen molar-refractivity contribution in [2.24, 2.45) is 7.05 Å². The summed E-state index contributed by atoms with van der Waals surface area (Å²) < 4.78 is 1.45. The molecule has 0 saturated heterocycles. The molecule has 1 heterocycles. The summed E-state index contributed by atoms with van der Waals surface area (Å²) in [6.07, 6.45) is -0.168. The van der Waals surface area contributed by atoms with Crippen LogP contribution in [0.3, 0.4) is 0 Å². The predicted molar refractivity (Wildman–Crippen MR) is 68.6 cm³/mol. The third kappa shape index (κ3) is 2.61. The SMILES string of the molecule is CCc1nn(C)c(NC(C)(C)C(C)O)c1[N+](=O)[O-]. The summed E-state index contributed by atoms with van der Waals surface area (Å²) in [5.41, 5.74) is -0.260. The van der Waals surface area contributed by atoms with E-state index in [4.69, 9.17) is 0 Å². The summed E-state index contributed by atoms with van der Waals surface area (Å²) in [6, 6.07) is 0. The van der Waals surface area contributed by atoms with Gasteiger partial charge in [-0.3, -0.25) is 10.1 Å². The van der Waals surface area contributed by atoms with Gasteiger partial charge >= 0.3 is 5.69 Å². The first kappa shape index (κ1) is 14.4. The topological polar surface area (TPSA) is 93.2 Å². The van der Waals surface area contributed by atoms with Gasteiger partial charge in [0.2, 0.25) is 5.82 Å². The van der Waals surface area contributed by atoms with Crippen molar-refractivity contribution in [3.05, 3.63) is 15.8 Å². The Morgan fingerprint density at radius 2 is 2.17 bits per heavy atom. The first-order valence-electron chi connectivity index (χ1n) is 5.87. The fourth-order valence-corrected chi connectivity index (χ4v) is 1.55. The molecule has 1 aromatic rings. The molecule has 102 valence electrons. The number of hydrogen-bond acceptors (Lipinski definition) is 5. The van der Waals surface area contributed by atoms with Gasteiger partial charge in [-0.05, 0) is 27.2 Å². The Labute approximate surface area is 106 Å². The van der Waals surface area contributed by atoms with Crippen LogP contribution in [0.1, 0.15) is 33.4 Å². The third-order valence-corrected chi connectivity index (χ3v) is 3.09. The molecule has 0 aliphatic carbocycles. The molecule has 2 N–H and O–H groups in total. The van der Waals surface area contributed by atoms with Crippen molar-refractivity contribution >= 4 is 11.5 Å². The maximum Gasteiger partial charge on any atom is 0.333 e. The van der Waals surface area contributed by atoms with E-state index in [1.807, 2.05) is 6.92 Å². The predicted octanol–water partition coefficient (Wildman–Crippen LogP) is 1.46. The number of aliphatic hydroxyl groups excluding tert-OH is 1. The summed E-state index contributed by atoms with van der Waals surface area (Å²) in [4.78, 5) is 10.7. The van der Waals surface area contributed by atoms with Crippen molar-refractivity contribution in [2.45, 2.75) is 45.8 Å². The van der Waals surface area contributed by atoms with Crippen LogP contribution in [0.5, 0.6) is 0 Å². The number of aromatic nitrogens is 2. The zero-order chi connectivity index (χ0) is 14.1. The lowest BCUT2D eigenvalue weighted by molar-refractivity contribution is -0.384. The van der Waals surface area contributed by atoms with E-state index in [9.17, 15) is 15.2 Å². The first-order chi connectivity index (χ1) is 8.20. The van der Waals surface area contributed by atoms with E-state index in [1.54, 1.807) is 27.8 Å². The van der Waals surface area contributed by atoms with Crippen molar-refractivity contribution in [1.29, 1.82) is 0 Å². The summed E-state index contributed by atoms with van der Waals surface area (Å²) in [7, 11) is 1.65. The fraction of sp³-hybridized carbons (Fsp3) is 0.727. The minimum Gasteiger partial charge on any atom is -0.391 e. The largest absolute Gasteiger partial charge is 0.391 e. The Kier molecular flexibility index (Phi) is 3.95. The van der Waals surface area contributed by atoms with Gasteiger partial charge in [0.15, 0.2) is 0 Å². The monoisotopic (exact) mass is 256 g/mol. The quantitative estimate of drug-likeness (QED) is 0.614. The molecule has 1 unspecified atom stereocenters. The number of nitrogens with one attached hydrogen (secondary N) is 1. The molecule has 7 heteroatoms. The molecular weight excluding hydrogens is 236 g/mol. The van der Waals surface area contributed by atoms with E-state index in [2.05, 4.69) is 10.4 Å². The summed E-state index contributed by atoms with van der Waals surface area (Å²) >= 11 is 0. The number of rotatable bonds is 5. The molecular formula is C11H20N4O3. The van der Waals surface area contributed by atoms with Crippen molar-refractivity contribution in [1.82, 2.24) is 9.78 Å². The molecule has 0 radical (unpaired) electrons. The van der Waals surface area contributed by atoms with E-state index in [-0.39, 0.29) is 5.69 Å². The Morgan fingerprint density at radius 1 is 1.61 bits per heavy atom. The molecule has 0 fully saturated rings. The van der Waals surface area contributed by atoms with Gasteiger partial charge in [-0.25, -0.2) is 4.68 Å². The molecule has 0 aromatic carbocycles. The number of hydrogen-bond donors (Lipinski definition) is 2. The van der Waals surface area contributed by atoms with Gasteiger partial charge in [0.05, 0.1) is 16.6 Å². The maximum absolute atomic E-state index is 11.1. The van der Waals surface area contributed by atoms with Crippen molar-refractivity contribution in [3.63, 3.8) is 0 Å². The Morgan fingerprint density at radius 3 is 2.56 bits per heavy atom. The highest BCUT2D eigenvalue weighted by Gasteiger charge is 2.32. The number of aryl methyl sites for hydroxylation is 2. The standard InChI is InChI=1S/C11H20N4O3/c1-6-8-9(15(17)18)10(14(5)13-8)12-11(3,4)7(2)16/h7,12,16H,6H2,1-5H3. The summed E-state index contributed by atoms with van der Waals surface area (Å²) in [5, 5.41) is 27.9. The van der Waals surface area contributed by atoms with Crippen LogP contribution < -0.4 is 5.32 Å². The van der Waals surface area contributed by atoms with Crippen LogP contribution in [-0.4, -0.2) is 31.5 Å². The van der Waals surface area contributed by atoms with Crippen LogP contribution >= 0.6 is 0 Å². The lowest BCUT2D eigenvalue weighted by Crippen LogP contribution is -2.42. The van der Waals surface area contributed by atoms with Crippen LogP contribution in [0.4, 0.5) is 11.5 Å². The van der Waals surface area contributed by atoms with Gasteiger partial charge in [0, 0.05) is 7.05 Å². The Hall–Kier alpha value is -1.63. The van der Waals surface area contributed by atoms with Gasteiger partial charge in [0.1, 0.15) is 5.69 Å². The molecule has 0 bridgehead atoms. The smallest absolute Gasteiger partial charge is 0.333 e. The molecule has 0 amide bonds. The lowest BCUT2D eigenvalue weighted by atomic mass is 9.99. The molecule has 18 heavy (non-hydrogen) atoms. The highest BCUT2D eigenvalue weighted by Crippen LogP contribution is 2.31. The second-order valence-corrected chi connectivity index (χ2v) is 4.90.